The second-order valence-electron chi connectivity index (χ2n) is 4.89. The Morgan fingerprint density at radius 2 is 1.79 bits per heavy atom. The smallest absolute Gasteiger partial charge is 0.265 e. The summed E-state index contributed by atoms with van der Waals surface area (Å²) in [4.78, 5) is 12.3. The van der Waals surface area contributed by atoms with Crippen LogP contribution in [0, 0.1) is 0 Å². The van der Waals surface area contributed by atoms with Crippen molar-refractivity contribution in [1.29, 1.82) is 0 Å². The quantitative estimate of drug-likeness (QED) is 0.818. The second kappa shape index (κ2) is 8.13. The van der Waals surface area contributed by atoms with Crippen molar-refractivity contribution in [2.45, 2.75) is 13.0 Å². The molecule has 0 fully saturated rings. The van der Waals surface area contributed by atoms with Crippen molar-refractivity contribution in [2.75, 3.05) is 19.5 Å². The van der Waals surface area contributed by atoms with Gasteiger partial charge in [-0.3, -0.25) is 4.79 Å². The van der Waals surface area contributed by atoms with Crippen molar-refractivity contribution in [1.82, 2.24) is 0 Å². The van der Waals surface area contributed by atoms with Gasteiger partial charge in [0.2, 0.25) is 0 Å². The monoisotopic (exact) mass is 369 g/mol. The maximum atomic E-state index is 12.3. The van der Waals surface area contributed by atoms with Crippen LogP contribution in [0.2, 0.25) is 10.0 Å². The number of benzene rings is 2. The van der Waals surface area contributed by atoms with Gasteiger partial charge in [-0.25, -0.2) is 0 Å². The molecule has 0 saturated carbocycles. The molecule has 0 aliphatic heterocycles. The molecule has 0 radical (unpaired) electrons. The van der Waals surface area contributed by atoms with Crippen molar-refractivity contribution >= 4 is 34.8 Å². The number of carbonyl (C=O) groups is 1. The molecule has 0 unspecified atom stereocenters. The molecule has 1 amide bonds. The summed E-state index contributed by atoms with van der Waals surface area (Å²) in [7, 11) is 3.07. The maximum Gasteiger partial charge on any atom is 0.265 e. The zero-order chi connectivity index (χ0) is 17.7. The zero-order valence-electron chi connectivity index (χ0n) is 13.4. The third-order valence-electron chi connectivity index (χ3n) is 3.23. The maximum absolute atomic E-state index is 12.3. The van der Waals surface area contributed by atoms with Crippen molar-refractivity contribution in [3.05, 3.63) is 46.4 Å². The van der Waals surface area contributed by atoms with Crippen molar-refractivity contribution in [2.24, 2.45) is 0 Å². The summed E-state index contributed by atoms with van der Waals surface area (Å²) in [5.41, 5.74) is 0.515. The van der Waals surface area contributed by atoms with Gasteiger partial charge in [-0.15, -0.1) is 0 Å². The number of anilines is 1. The van der Waals surface area contributed by atoms with Gasteiger partial charge >= 0.3 is 0 Å². The van der Waals surface area contributed by atoms with E-state index >= 15 is 0 Å². The van der Waals surface area contributed by atoms with Gasteiger partial charge in [0, 0.05) is 11.1 Å². The Bertz CT molecular complexity index is 737. The van der Waals surface area contributed by atoms with Crippen LogP contribution in [0.4, 0.5) is 5.69 Å². The second-order valence-corrected chi connectivity index (χ2v) is 5.73. The van der Waals surface area contributed by atoms with E-state index in [9.17, 15) is 4.79 Å². The van der Waals surface area contributed by atoms with Crippen molar-refractivity contribution in [3.63, 3.8) is 0 Å². The number of ether oxygens (including phenoxy) is 3. The van der Waals surface area contributed by atoms with Crippen molar-refractivity contribution in [3.8, 4) is 17.2 Å². The topological polar surface area (TPSA) is 56.8 Å². The number of halogens is 2. The molecule has 0 spiro atoms. The third kappa shape index (κ3) is 4.46. The highest BCUT2D eigenvalue weighted by Gasteiger charge is 2.18. The van der Waals surface area contributed by atoms with Crippen LogP contribution in [0.3, 0.4) is 0 Å². The van der Waals surface area contributed by atoms with Gasteiger partial charge in [0.15, 0.2) is 6.10 Å². The average Bonchev–Trinajstić information content (AvgIpc) is 2.57. The van der Waals surface area contributed by atoms with E-state index in [0.29, 0.717) is 33.0 Å². The minimum Gasteiger partial charge on any atom is -0.497 e. The number of methoxy groups -OCH3 is 2. The fraction of sp³-hybridized carbons (Fsp3) is 0.235. The minimum atomic E-state index is -0.768. The van der Waals surface area contributed by atoms with Crippen molar-refractivity contribution < 1.29 is 19.0 Å². The third-order valence-corrected chi connectivity index (χ3v) is 3.76. The summed E-state index contributed by atoms with van der Waals surface area (Å²) in [6.07, 6.45) is -0.768. The number of rotatable bonds is 6. The number of hydrogen-bond donors (Lipinski definition) is 1. The molecule has 24 heavy (non-hydrogen) atoms. The molecular weight excluding hydrogens is 353 g/mol. The Kier molecular flexibility index (Phi) is 6.17. The first kappa shape index (κ1) is 18.2. The molecular formula is C17H17Cl2NO4. The van der Waals surface area contributed by atoms with Crippen LogP contribution in [0.1, 0.15) is 6.92 Å². The molecule has 128 valence electrons. The van der Waals surface area contributed by atoms with E-state index in [1.807, 2.05) is 0 Å². The summed E-state index contributed by atoms with van der Waals surface area (Å²) in [6, 6.07) is 9.90. The highest BCUT2D eigenvalue weighted by Crippen LogP contribution is 2.30. The predicted octanol–water partition coefficient (Wildman–Crippen LogP) is 4.42. The minimum absolute atomic E-state index is 0.337. The van der Waals surface area contributed by atoms with E-state index in [1.54, 1.807) is 50.4 Å². The SMILES string of the molecule is COc1ccc(NC(=O)[C@H](C)Oc2ccc(Cl)cc2Cl)c(OC)c1. The lowest BCUT2D eigenvalue weighted by molar-refractivity contribution is -0.122. The lowest BCUT2D eigenvalue weighted by Crippen LogP contribution is -2.30. The Labute approximate surface area is 150 Å². The first-order chi connectivity index (χ1) is 11.4. The van der Waals surface area contributed by atoms with Gasteiger partial charge in [0.1, 0.15) is 17.2 Å². The Balaban J connectivity index is 2.08. The number of amides is 1. The van der Waals surface area contributed by atoms with E-state index in [4.69, 9.17) is 37.4 Å². The molecule has 0 heterocycles. The molecule has 2 rings (SSSR count). The van der Waals surface area contributed by atoms with E-state index in [-0.39, 0.29) is 5.91 Å². The lowest BCUT2D eigenvalue weighted by atomic mass is 10.2. The average molecular weight is 370 g/mol. The van der Waals surface area contributed by atoms with Crippen LogP contribution in [0.25, 0.3) is 0 Å². The summed E-state index contributed by atoms with van der Waals surface area (Å²) in [5.74, 6) is 1.15. The van der Waals surface area contributed by atoms with Crippen LogP contribution in [-0.4, -0.2) is 26.2 Å². The predicted molar refractivity (Wildman–Crippen MR) is 94.7 cm³/mol. The summed E-state index contributed by atoms with van der Waals surface area (Å²) in [6.45, 7) is 1.62. The summed E-state index contributed by atoms with van der Waals surface area (Å²) < 4.78 is 16.0. The number of carbonyl (C=O) groups excluding carboxylic acids is 1. The van der Waals surface area contributed by atoms with Gasteiger partial charge in [-0.1, -0.05) is 23.2 Å². The van der Waals surface area contributed by atoms with Crippen LogP contribution in [0.5, 0.6) is 17.2 Å². The molecule has 2 aromatic rings. The van der Waals surface area contributed by atoms with Gasteiger partial charge in [0.05, 0.1) is 24.9 Å². The molecule has 2 aromatic carbocycles. The Morgan fingerprint density at radius 1 is 1.04 bits per heavy atom. The molecule has 0 aromatic heterocycles. The highest BCUT2D eigenvalue weighted by atomic mass is 35.5. The Hall–Kier alpha value is -2.11. The number of nitrogens with one attached hydrogen (secondary N) is 1. The fourth-order valence-electron chi connectivity index (χ4n) is 1.95. The first-order valence-corrected chi connectivity index (χ1v) is 7.84. The van der Waals surface area contributed by atoms with Crippen LogP contribution < -0.4 is 19.5 Å². The summed E-state index contributed by atoms with van der Waals surface area (Å²) >= 11 is 11.9. The van der Waals surface area contributed by atoms with E-state index < -0.39 is 6.10 Å². The largest absolute Gasteiger partial charge is 0.497 e. The van der Waals surface area contributed by atoms with Crippen LogP contribution in [-0.2, 0) is 4.79 Å². The summed E-state index contributed by atoms with van der Waals surface area (Å²) in [5, 5.41) is 3.58. The van der Waals surface area contributed by atoms with Gasteiger partial charge in [-0.2, -0.15) is 0 Å². The number of hydrogen-bond acceptors (Lipinski definition) is 4. The lowest BCUT2D eigenvalue weighted by Gasteiger charge is -2.17. The van der Waals surface area contributed by atoms with Gasteiger partial charge in [-0.05, 0) is 37.3 Å². The first-order valence-electron chi connectivity index (χ1n) is 7.09. The zero-order valence-corrected chi connectivity index (χ0v) is 14.9. The molecule has 7 heteroatoms. The Morgan fingerprint density at radius 3 is 2.42 bits per heavy atom. The molecule has 0 aliphatic carbocycles. The molecule has 5 nitrogen and oxygen atoms in total. The highest BCUT2D eigenvalue weighted by molar-refractivity contribution is 6.35. The van der Waals surface area contributed by atoms with E-state index in [0.717, 1.165) is 0 Å². The fourth-order valence-corrected chi connectivity index (χ4v) is 2.40. The molecule has 0 aliphatic rings. The molecule has 1 N–H and O–H groups in total. The molecule has 0 saturated heterocycles. The van der Waals surface area contributed by atoms with Gasteiger partial charge in [0.25, 0.3) is 5.91 Å². The van der Waals surface area contributed by atoms with E-state index in [1.165, 1.54) is 7.11 Å². The standard InChI is InChI=1S/C17H17Cl2NO4/c1-10(24-15-7-4-11(18)8-13(15)19)17(21)20-14-6-5-12(22-2)9-16(14)23-3/h4-10H,1-3H3,(H,20,21)/t10-/m0/s1. The van der Waals surface area contributed by atoms with Crippen LogP contribution >= 0.6 is 23.2 Å². The van der Waals surface area contributed by atoms with Crippen LogP contribution in [0.15, 0.2) is 36.4 Å². The molecule has 0 bridgehead atoms. The normalized spacial score (nSPS) is 11.5. The molecule has 1 atom stereocenters. The van der Waals surface area contributed by atoms with Gasteiger partial charge < -0.3 is 19.5 Å². The van der Waals surface area contributed by atoms with E-state index in [2.05, 4.69) is 5.32 Å².